The lowest BCUT2D eigenvalue weighted by molar-refractivity contribution is -0.384. The maximum atomic E-state index is 13.6. The summed E-state index contributed by atoms with van der Waals surface area (Å²) in [6, 6.07) is 18.8. The molecule has 11 nitrogen and oxygen atoms in total. The Hall–Kier alpha value is -5.19. The van der Waals surface area contributed by atoms with Crippen LogP contribution in [-0.4, -0.2) is 51.0 Å². The van der Waals surface area contributed by atoms with Crippen LogP contribution in [0, 0.1) is 22.0 Å². The molecule has 208 valence electrons. The van der Waals surface area contributed by atoms with Gasteiger partial charge in [-0.05, 0) is 61.4 Å². The molecule has 0 radical (unpaired) electrons. The number of benzene rings is 3. The van der Waals surface area contributed by atoms with Crippen molar-refractivity contribution < 1.29 is 33.6 Å². The van der Waals surface area contributed by atoms with Gasteiger partial charge in [0.25, 0.3) is 23.4 Å². The Morgan fingerprint density at radius 2 is 1.37 bits per heavy atom. The van der Waals surface area contributed by atoms with Crippen molar-refractivity contribution in [3.8, 4) is 5.75 Å². The van der Waals surface area contributed by atoms with Crippen molar-refractivity contribution in [2.45, 2.75) is 25.7 Å². The number of ether oxygens (including phenoxy) is 1. The molecule has 3 aromatic rings. The number of hydrogen-bond donors (Lipinski definition) is 0. The van der Waals surface area contributed by atoms with E-state index in [1.54, 1.807) is 30.3 Å². The third kappa shape index (κ3) is 5.60. The van der Waals surface area contributed by atoms with Crippen molar-refractivity contribution in [1.29, 1.82) is 0 Å². The minimum absolute atomic E-state index is 0.0259. The summed E-state index contributed by atoms with van der Waals surface area (Å²) < 4.78 is 5.34. The number of hydrogen-bond acceptors (Lipinski definition) is 8. The predicted molar refractivity (Wildman–Crippen MR) is 144 cm³/mol. The highest BCUT2D eigenvalue weighted by Gasteiger charge is 2.51. The molecule has 1 heterocycles. The fraction of sp³-hybridized carbons (Fsp3) is 0.233. The first-order valence-electron chi connectivity index (χ1n) is 13.1. The Balaban J connectivity index is 1.38. The Kier molecular flexibility index (Phi) is 7.68. The molecule has 1 saturated carbocycles. The number of Topliss-reactive ketones (excluding diaryl/α,β-unsaturated/α-hetero) is 1. The SMILES string of the molecule is O=C(CN(C(=O)c1ccc([N+](=O)[O-])cc1)N1C(=O)[C@H]2CCCC[C@H]2C1=O)c1ccc(OC(=O)c2ccccc2)cc1. The van der Waals surface area contributed by atoms with E-state index in [4.69, 9.17) is 4.74 Å². The minimum atomic E-state index is -0.818. The Morgan fingerprint density at radius 3 is 1.93 bits per heavy atom. The van der Waals surface area contributed by atoms with Gasteiger partial charge in [0.15, 0.2) is 5.78 Å². The molecular weight excluding hydrogens is 530 g/mol. The average molecular weight is 556 g/mol. The van der Waals surface area contributed by atoms with Crippen molar-refractivity contribution in [2.75, 3.05) is 6.54 Å². The highest BCUT2D eigenvalue weighted by atomic mass is 16.6. The van der Waals surface area contributed by atoms with Gasteiger partial charge in [-0.1, -0.05) is 31.0 Å². The molecule has 2 atom stereocenters. The van der Waals surface area contributed by atoms with Gasteiger partial charge in [-0.2, -0.15) is 5.01 Å². The van der Waals surface area contributed by atoms with Crippen LogP contribution in [-0.2, 0) is 9.59 Å². The van der Waals surface area contributed by atoms with Crippen LogP contribution < -0.4 is 4.74 Å². The van der Waals surface area contributed by atoms with E-state index in [-0.39, 0.29) is 22.6 Å². The predicted octanol–water partition coefficient (Wildman–Crippen LogP) is 4.23. The van der Waals surface area contributed by atoms with Crippen molar-refractivity contribution in [3.05, 3.63) is 106 Å². The number of rotatable bonds is 8. The summed E-state index contributed by atoms with van der Waals surface area (Å²) in [5, 5.41) is 12.7. The van der Waals surface area contributed by atoms with Gasteiger partial charge in [0.1, 0.15) is 12.3 Å². The van der Waals surface area contributed by atoms with Crippen molar-refractivity contribution in [2.24, 2.45) is 11.8 Å². The van der Waals surface area contributed by atoms with Crippen LogP contribution in [0.3, 0.4) is 0 Å². The van der Waals surface area contributed by atoms with Gasteiger partial charge < -0.3 is 4.74 Å². The molecule has 1 saturated heterocycles. The molecule has 41 heavy (non-hydrogen) atoms. The zero-order valence-electron chi connectivity index (χ0n) is 21.8. The molecule has 3 amide bonds. The number of nitrogens with zero attached hydrogens (tertiary/aromatic N) is 3. The van der Waals surface area contributed by atoms with Crippen LogP contribution in [0.25, 0.3) is 0 Å². The summed E-state index contributed by atoms with van der Waals surface area (Å²) in [5.41, 5.74) is 0.245. The summed E-state index contributed by atoms with van der Waals surface area (Å²) in [7, 11) is 0. The molecule has 2 fully saturated rings. The van der Waals surface area contributed by atoms with Crippen LogP contribution in [0.5, 0.6) is 5.75 Å². The van der Waals surface area contributed by atoms with E-state index in [0.29, 0.717) is 18.4 Å². The van der Waals surface area contributed by atoms with Gasteiger partial charge in [0.2, 0.25) is 0 Å². The monoisotopic (exact) mass is 555 g/mol. The van der Waals surface area contributed by atoms with E-state index >= 15 is 0 Å². The molecule has 0 N–H and O–H groups in total. The lowest BCUT2D eigenvalue weighted by atomic mass is 9.81. The van der Waals surface area contributed by atoms with Gasteiger partial charge in [0.05, 0.1) is 22.3 Å². The number of non-ortho nitro benzene ring substituents is 1. The third-order valence-corrected chi connectivity index (χ3v) is 7.31. The maximum absolute atomic E-state index is 13.6. The number of carbonyl (C=O) groups excluding carboxylic acids is 5. The highest BCUT2D eigenvalue weighted by Crippen LogP contribution is 2.39. The second kappa shape index (κ2) is 11.5. The first kappa shape index (κ1) is 27.4. The average Bonchev–Trinajstić information content (AvgIpc) is 3.25. The summed E-state index contributed by atoms with van der Waals surface area (Å²) in [5.74, 6) is -3.95. The van der Waals surface area contributed by atoms with E-state index in [9.17, 15) is 34.1 Å². The lowest BCUT2D eigenvalue weighted by Gasteiger charge is -2.30. The van der Waals surface area contributed by atoms with Crippen LogP contribution in [0.2, 0.25) is 0 Å². The molecule has 0 aromatic heterocycles. The van der Waals surface area contributed by atoms with Gasteiger partial charge >= 0.3 is 5.97 Å². The molecule has 1 aliphatic carbocycles. The van der Waals surface area contributed by atoms with Gasteiger partial charge in [-0.15, -0.1) is 0 Å². The fourth-order valence-corrected chi connectivity index (χ4v) is 5.17. The summed E-state index contributed by atoms with van der Waals surface area (Å²) in [4.78, 5) is 76.3. The minimum Gasteiger partial charge on any atom is -0.423 e. The molecule has 3 aromatic carbocycles. The Bertz CT molecular complexity index is 1500. The quantitative estimate of drug-likeness (QED) is 0.100. The smallest absolute Gasteiger partial charge is 0.343 e. The molecule has 2 aliphatic rings. The molecule has 11 heteroatoms. The van der Waals surface area contributed by atoms with E-state index in [1.807, 2.05) is 0 Å². The zero-order chi connectivity index (χ0) is 29.1. The lowest BCUT2D eigenvalue weighted by Crippen LogP contribution is -2.52. The van der Waals surface area contributed by atoms with Crippen molar-refractivity contribution >= 4 is 35.2 Å². The van der Waals surface area contributed by atoms with E-state index < -0.39 is 52.8 Å². The van der Waals surface area contributed by atoms with Crippen LogP contribution in [0.15, 0.2) is 78.9 Å². The summed E-state index contributed by atoms with van der Waals surface area (Å²) in [6.07, 6.45) is 2.60. The second-order valence-corrected chi connectivity index (χ2v) is 9.86. The number of nitro groups is 1. The number of hydrazine groups is 1. The summed E-state index contributed by atoms with van der Waals surface area (Å²) in [6.45, 7) is -0.629. The van der Waals surface area contributed by atoms with E-state index in [2.05, 4.69) is 0 Å². The largest absolute Gasteiger partial charge is 0.423 e. The van der Waals surface area contributed by atoms with E-state index in [1.165, 1.54) is 36.4 Å². The maximum Gasteiger partial charge on any atom is 0.343 e. The molecule has 0 spiro atoms. The zero-order valence-corrected chi connectivity index (χ0v) is 21.8. The molecular formula is C30H25N3O8. The Morgan fingerprint density at radius 1 is 0.805 bits per heavy atom. The standard InChI is InChI=1S/C30H25N3O8/c34-26(19-12-16-23(17-13-19)41-30(38)21-6-2-1-3-7-21)18-31(27(35)20-10-14-22(15-11-20)33(39)40)32-28(36)24-8-4-5-9-25(24)29(32)37/h1-3,6-7,10-17,24-25H,4-5,8-9,18H2/t24-,25+. The number of nitro benzene ring substituents is 1. The third-order valence-electron chi connectivity index (χ3n) is 7.31. The molecule has 1 aliphatic heterocycles. The number of amides is 3. The number of imide groups is 1. The van der Waals surface area contributed by atoms with Gasteiger partial charge in [0, 0.05) is 23.3 Å². The number of fused-ring (bicyclic) bond motifs is 1. The second-order valence-electron chi connectivity index (χ2n) is 9.86. The van der Waals surface area contributed by atoms with Crippen molar-refractivity contribution in [3.63, 3.8) is 0 Å². The normalized spacial score (nSPS) is 18.0. The van der Waals surface area contributed by atoms with Crippen LogP contribution in [0.4, 0.5) is 5.69 Å². The van der Waals surface area contributed by atoms with Gasteiger partial charge in [-0.25, -0.2) is 9.80 Å². The molecule has 0 unspecified atom stereocenters. The number of carbonyl (C=O) groups is 5. The molecule has 0 bridgehead atoms. The van der Waals surface area contributed by atoms with Crippen LogP contribution >= 0.6 is 0 Å². The first-order valence-corrected chi connectivity index (χ1v) is 13.1. The number of ketones is 1. The topological polar surface area (TPSA) is 144 Å². The van der Waals surface area contributed by atoms with Gasteiger partial charge in [-0.3, -0.25) is 29.3 Å². The van der Waals surface area contributed by atoms with Crippen LogP contribution in [0.1, 0.15) is 56.8 Å². The highest BCUT2D eigenvalue weighted by molar-refractivity contribution is 6.09. The molecule has 5 rings (SSSR count). The summed E-state index contributed by atoms with van der Waals surface area (Å²) >= 11 is 0. The number of esters is 1. The first-order chi connectivity index (χ1) is 19.7. The fourth-order valence-electron chi connectivity index (χ4n) is 5.17. The van der Waals surface area contributed by atoms with E-state index in [0.717, 1.165) is 35.0 Å². The Labute approximate surface area is 234 Å². The van der Waals surface area contributed by atoms with Crippen molar-refractivity contribution in [1.82, 2.24) is 10.0 Å².